The summed E-state index contributed by atoms with van der Waals surface area (Å²) in [5.74, 6) is -0.399. The second-order valence-corrected chi connectivity index (χ2v) is 11.2. The van der Waals surface area contributed by atoms with Crippen LogP contribution >= 0.6 is 0 Å². The van der Waals surface area contributed by atoms with E-state index in [1.807, 2.05) is 6.79 Å². The Kier molecular flexibility index (Phi) is 12.6. The van der Waals surface area contributed by atoms with Crippen LogP contribution < -0.4 is 0 Å². The minimum Gasteiger partial charge on any atom is -0.748 e. The molecule has 1 saturated carbocycles. The summed E-state index contributed by atoms with van der Waals surface area (Å²) in [7, 11) is -4.11. The molecule has 182 valence electrons. The van der Waals surface area contributed by atoms with Crippen LogP contribution in [0.1, 0.15) is 32.1 Å². The monoisotopic (exact) mass is 500 g/mol. The Morgan fingerprint density at radius 3 is 1.47 bits per heavy atom. The number of ether oxygens (including phenoxy) is 1. The first-order valence-corrected chi connectivity index (χ1v) is 14.1. The van der Waals surface area contributed by atoms with Gasteiger partial charge in [-0.3, -0.25) is 0 Å². The second-order valence-electron chi connectivity index (χ2n) is 7.64. The number of hydrogen-bond donors (Lipinski definition) is 0. The summed E-state index contributed by atoms with van der Waals surface area (Å²) in [6.45, 7) is 2.05. The van der Waals surface area contributed by atoms with Crippen molar-refractivity contribution in [2.45, 2.75) is 52.9 Å². The molecule has 7 heteroatoms. The number of rotatable bonds is 7. The lowest BCUT2D eigenvalue weighted by atomic mass is 9.98. The predicted molar refractivity (Wildman–Crippen MR) is 136 cm³/mol. The summed E-state index contributed by atoms with van der Waals surface area (Å²) in [6, 6.07) is 32.2. The highest BCUT2D eigenvalue weighted by Crippen LogP contribution is 2.30. The molecule has 0 atom stereocenters. The number of hydrogen-bond acceptors (Lipinski definition) is 5. The predicted octanol–water partition coefficient (Wildman–Crippen LogP) is 5.48. The molecular formula is C27H32O5S2. The molecule has 0 radical (unpaired) electrons. The summed E-state index contributed by atoms with van der Waals surface area (Å²) in [4.78, 5) is 12.1. The van der Waals surface area contributed by atoms with Gasteiger partial charge in [0.1, 0.15) is 6.79 Å². The smallest absolute Gasteiger partial charge is 0.166 e. The first-order valence-electron chi connectivity index (χ1n) is 11.3. The van der Waals surface area contributed by atoms with Gasteiger partial charge in [0.05, 0.1) is 39.5 Å². The molecule has 0 bridgehead atoms. The Bertz CT molecular complexity index is 928. The lowest BCUT2D eigenvalue weighted by Crippen LogP contribution is -2.20. The molecule has 0 unspecified atom stereocenters. The van der Waals surface area contributed by atoms with Crippen molar-refractivity contribution >= 4 is 27.8 Å². The minimum atomic E-state index is -4.10. The maximum Gasteiger partial charge on any atom is 0.166 e. The lowest BCUT2D eigenvalue weighted by molar-refractivity contribution is -0.0980. The zero-order valence-corrected chi connectivity index (χ0v) is 20.9. The maximum atomic E-state index is 10.2. The van der Waals surface area contributed by atoms with Gasteiger partial charge in [0, 0.05) is 0 Å². The largest absolute Gasteiger partial charge is 0.748 e. The Balaban J connectivity index is 0.000000239. The van der Waals surface area contributed by atoms with E-state index in [0.717, 1.165) is 25.7 Å². The van der Waals surface area contributed by atoms with Crippen molar-refractivity contribution in [1.82, 2.24) is 0 Å². The van der Waals surface area contributed by atoms with E-state index in [1.165, 1.54) is 21.1 Å². The molecule has 1 aliphatic rings. The summed E-state index contributed by atoms with van der Waals surface area (Å²) in [6.07, 6.45) is 5.71. The quantitative estimate of drug-likeness (QED) is 0.317. The van der Waals surface area contributed by atoms with E-state index >= 15 is 0 Å². The first-order chi connectivity index (χ1) is 16.5. The van der Waals surface area contributed by atoms with Crippen molar-refractivity contribution in [2.24, 2.45) is 0 Å². The second kappa shape index (κ2) is 15.5. The zero-order valence-electron chi connectivity index (χ0n) is 19.3. The third kappa shape index (κ3) is 10.2. The van der Waals surface area contributed by atoms with E-state index < -0.39 is 15.9 Å². The van der Waals surface area contributed by atoms with Gasteiger partial charge in [0.2, 0.25) is 0 Å². The molecule has 0 aliphatic heterocycles. The van der Waals surface area contributed by atoms with Crippen LogP contribution in [0.15, 0.2) is 106 Å². The van der Waals surface area contributed by atoms with Crippen molar-refractivity contribution in [3.63, 3.8) is 0 Å². The van der Waals surface area contributed by atoms with Gasteiger partial charge in [-0.05, 0) is 49.2 Å². The van der Waals surface area contributed by atoms with E-state index in [2.05, 4.69) is 91.0 Å². The van der Waals surface area contributed by atoms with E-state index in [4.69, 9.17) is 9.53 Å². The number of carbonyl (C=O) groups excluding carboxylic acids is 1. The van der Waals surface area contributed by atoms with Crippen LogP contribution in [0.5, 0.6) is 0 Å². The van der Waals surface area contributed by atoms with Gasteiger partial charge in [0.25, 0.3) is 0 Å². The summed E-state index contributed by atoms with van der Waals surface area (Å²) in [5, 5.41) is 0. The van der Waals surface area contributed by atoms with Crippen LogP contribution in [0.25, 0.3) is 0 Å². The van der Waals surface area contributed by atoms with Gasteiger partial charge in [-0.1, -0.05) is 73.9 Å². The zero-order chi connectivity index (χ0) is 24.7. The third-order valence-electron chi connectivity index (χ3n) is 5.18. The molecule has 0 saturated heterocycles. The highest BCUT2D eigenvalue weighted by molar-refractivity contribution is 7.97. The normalized spacial score (nSPS) is 13.8. The molecule has 1 fully saturated rings. The van der Waals surface area contributed by atoms with E-state index in [-0.39, 0.29) is 23.6 Å². The number of carbonyl (C=O) groups is 1. The minimum absolute atomic E-state index is 0.0146. The third-order valence-corrected chi connectivity index (χ3v) is 8.07. The maximum absolute atomic E-state index is 10.2. The molecule has 0 aromatic heterocycles. The Morgan fingerprint density at radius 1 is 0.735 bits per heavy atom. The lowest BCUT2D eigenvalue weighted by Gasteiger charge is -2.22. The van der Waals surface area contributed by atoms with Crippen LogP contribution in [-0.4, -0.2) is 38.2 Å². The van der Waals surface area contributed by atoms with Crippen LogP contribution in [0.3, 0.4) is 0 Å². The highest BCUT2D eigenvalue weighted by Gasteiger charge is 2.27. The highest BCUT2D eigenvalue weighted by atomic mass is 32.2. The molecule has 5 nitrogen and oxygen atoms in total. The topological polar surface area (TPSA) is 83.5 Å². The fraction of sp³-hybridized carbons (Fsp3) is 0.296. The average molecular weight is 501 g/mol. The van der Waals surface area contributed by atoms with Gasteiger partial charge in [0.15, 0.2) is 14.7 Å². The molecule has 0 heterocycles. The van der Waals surface area contributed by atoms with Gasteiger partial charge >= 0.3 is 0 Å². The molecule has 3 aromatic carbocycles. The van der Waals surface area contributed by atoms with Gasteiger partial charge in [-0.15, -0.1) is 0 Å². The van der Waals surface area contributed by atoms with Gasteiger partial charge in [-0.25, -0.2) is 8.42 Å². The van der Waals surface area contributed by atoms with Crippen LogP contribution in [0.4, 0.5) is 0 Å². The summed E-state index contributed by atoms with van der Waals surface area (Å²) >= 11 is 0. The molecule has 3 aromatic rings. The van der Waals surface area contributed by atoms with Crippen LogP contribution in [-0.2, 0) is 30.5 Å². The molecule has 1 aliphatic carbocycles. The van der Waals surface area contributed by atoms with Gasteiger partial charge < -0.3 is 14.1 Å². The Morgan fingerprint density at radius 2 is 1.12 bits per heavy atom. The standard InChI is InChI=1S/C18H15S.C8H16O4S.CH2O/c1-4-10-16(11-5-1)19(17-12-6-2-7-13-17)18-14-8-3-9-15-18;9-13(10,11)7-6-12-8-4-2-1-3-5-8;1-2/h1-15H;8H,1-7H2,(H,9,10,11);1H2/q+1;;/p-1. The molecular weight excluding hydrogens is 468 g/mol. The van der Waals surface area contributed by atoms with Crippen molar-refractivity contribution in [3.8, 4) is 0 Å². The Hall–Kier alpha value is -2.45. The first kappa shape index (κ1) is 27.8. The number of benzene rings is 3. The van der Waals surface area contributed by atoms with Crippen molar-refractivity contribution in [3.05, 3.63) is 91.0 Å². The summed E-state index contributed by atoms with van der Waals surface area (Å²) < 4.78 is 36.0. The fourth-order valence-corrected chi connectivity index (χ4v) is 6.03. The molecule has 0 amide bonds. The van der Waals surface area contributed by atoms with Gasteiger partial charge in [-0.2, -0.15) is 0 Å². The van der Waals surface area contributed by atoms with Crippen LogP contribution in [0.2, 0.25) is 0 Å². The molecule has 0 N–H and O–H groups in total. The average Bonchev–Trinajstić information content (AvgIpc) is 2.88. The SMILES string of the molecule is C=O.O=S(=O)([O-])CCOC1CCCCC1.c1ccc([S+](c2ccccc2)c2ccccc2)cc1. The van der Waals surface area contributed by atoms with Crippen molar-refractivity contribution in [2.75, 3.05) is 12.4 Å². The van der Waals surface area contributed by atoms with Crippen molar-refractivity contribution in [1.29, 1.82) is 0 Å². The van der Waals surface area contributed by atoms with Crippen molar-refractivity contribution < 1.29 is 22.5 Å². The Labute approximate surface area is 206 Å². The molecule has 0 spiro atoms. The van der Waals surface area contributed by atoms with E-state index in [1.54, 1.807) is 0 Å². The van der Waals surface area contributed by atoms with E-state index in [0.29, 0.717) is 0 Å². The summed E-state index contributed by atoms with van der Waals surface area (Å²) in [5.41, 5.74) is 0. The van der Waals surface area contributed by atoms with Crippen LogP contribution in [0, 0.1) is 0 Å². The van der Waals surface area contributed by atoms with E-state index in [9.17, 15) is 13.0 Å². The molecule has 34 heavy (non-hydrogen) atoms. The molecule has 4 rings (SSSR count). The fourth-order valence-electron chi connectivity index (χ4n) is 3.63.